The summed E-state index contributed by atoms with van der Waals surface area (Å²) in [5.41, 5.74) is -1.86. The van der Waals surface area contributed by atoms with Gasteiger partial charge in [-0.2, -0.15) is 13.2 Å². The highest BCUT2D eigenvalue weighted by Gasteiger charge is 2.44. The molecular weight excluding hydrogens is 247 g/mol. The second kappa shape index (κ2) is 4.28. The first-order valence-corrected chi connectivity index (χ1v) is 5.48. The molecule has 2 N–H and O–H groups in total. The Morgan fingerprint density at radius 1 is 1.39 bits per heavy atom. The van der Waals surface area contributed by atoms with E-state index in [1.807, 2.05) is 0 Å². The Bertz CT molecular complexity index is 465. The van der Waals surface area contributed by atoms with E-state index >= 15 is 0 Å². The standard InChI is InChI=1S/C12H12F3NO2/c13-12(14,15)9-3-1-2-8(6-9)11(10(17)18)4-5-16-7-11/h1-3,6,16H,4-5,7H2,(H,17,18). The molecule has 6 heteroatoms. The van der Waals surface area contributed by atoms with Crippen LogP contribution in [0.2, 0.25) is 0 Å². The van der Waals surface area contributed by atoms with Crippen molar-refractivity contribution in [2.45, 2.75) is 18.0 Å². The first-order valence-electron chi connectivity index (χ1n) is 5.48. The van der Waals surface area contributed by atoms with E-state index in [9.17, 15) is 23.1 Å². The fourth-order valence-corrected chi connectivity index (χ4v) is 2.24. The fourth-order valence-electron chi connectivity index (χ4n) is 2.24. The number of hydrogen-bond donors (Lipinski definition) is 2. The van der Waals surface area contributed by atoms with Gasteiger partial charge >= 0.3 is 12.1 Å². The number of nitrogens with one attached hydrogen (secondary N) is 1. The number of benzene rings is 1. The van der Waals surface area contributed by atoms with Crippen molar-refractivity contribution >= 4 is 5.97 Å². The maximum atomic E-state index is 12.6. The third-order valence-electron chi connectivity index (χ3n) is 3.31. The van der Waals surface area contributed by atoms with Gasteiger partial charge in [0.05, 0.1) is 5.56 Å². The lowest BCUT2D eigenvalue weighted by atomic mass is 9.79. The number of rotatable bonds is 2. The lowest BCUT2D eigenvalue weighted by Crippen LogP contribution is -2.38. The summed E-state index contributed by atoms with van der Waals surface area (Å²) < 4.78 is 37.9. The number of carboxylic acids is 1. The molecule has 0 aromatic heterocycles. The molecule has 0 spiro atoms. The highest BCUT2D eigenvalue weighted by molar-refractivity contribution is 5.82. The van der Waals surface area contributed by atoms with Crippen LogP contribution < -0.4 is 5.32 Å². The molecule has 0 radical (unpaired) electrons. The van der Waals surface area contributed by atoms with Gasteiger partial charge in [0.25, 0.3) is 0 Å². The van der Waals surface area contributed by atoms with Crippen molar-refractivity contribution in [2.24, 2.45) is 0 Å². The molecule has 2 rings (SSSR count). The largest absolute Gasteiger partial charge is 0.481 e. The van der Waals surface area contributed by atoms with Crippen molar-refractivity contribution < 1.29 is 23.1 Å². The summed E-state index contributed by atoms with van der Waals surface area (Å²) in [6.45, 7) is 0.645. The maximum absolute atomic E-state index is 12.6. The van der Waals surface area contributed by atoms with Gasteiger partial charge in [0.15, 0.2) is 0 Å². The quantitative estimate of drug-likeness (QED) is 0.854. The number of halogens is 3. The molecule has 1 aliphatic heterocycles. The molecule has 1 aromatic rings. The van der Waals surface area contributed by atoms with Gasteiger partial charge in [-0.3, -0.25) is 4.79 Å². The van der Waals surface area contributed by atoms with Crippen LogP contribution in [0.4, 0.5) is 13.2 Å². The maximum Gasteiger partial charge on any atom is 0.416 e. The summed E-state index contributed by atoms with van der Waals surface area (Å²) in [6, 6.07) is 4.57. The molecule has 0 aliphatic carbocycles. The molecule has 1 heterocycles. The minimum Gasteiger partial charge on any atom is -0.481 e. The van der Waals surface area contributed by atoms with E-state index in [1.54, 1.807) is 0 Å². The van der Waals surface area contributed by atoms with Gasteiger partial charge in [0.2, 0.25) is 0 Å². The van der Waals surface area contributed by atoms with Crippen LogP contribution in [0.3, 0.4) is 0 Å². The van der Waals surface area contributed by atoms with Crippen molar-refractivity contribution in [3.63, 3.8) is 0 Å². The van der Waals surface area contributed by atoms with E-state index in [1.165, 1.54) is 12.1 Å². The Morgan fingerprint density at radius 3 is 2.61 bits per heavy atom. The van der Waals surface area contributed by atoms with E-state index in [0.717, 1.165) is 12.1 Å². The van der Waals surface area contributed by atoms with Crippen molar-refractivity contribution in [3.05, 3.63) is 35.4 Å². The molecule has 0 saturated carbocycles. The first-order chi connectivity index (χ1) is 8.36. The number of alkyl halides is 3. The van der Waals surface area contributed by atoms with E-state index in [2.05, 4.69) is 5.32 Å². The average Bonchev–Trinajstić information content (AvgIpc) is 2.78. The van der Waals surface area contributed by atoms with Gasteiger partial charge in [-0.1, -0.05) is 18.2 Å². The second-order valence-electron chi connectivity index (χ2n) is 4.39. The Morgan fingerprint density at radius 2 is 2.11 bits per heavy atom. The van der Waals surface area contributed by atoms with Crippen molar-refractivity contribution in [1.82, 2.24) is 5.32 Å². The number of aliphatic carboxylic acids is 1. The molecule has 0 amide bonds. The third-order valence-corrected chi connectivity index (χ3v) is 3.31. The van der Waals surface area contributed by atoms with Gasteiger partial charge in [-0.05, 0) is 24.6 Å². The van der Waals surface area contributed by atoms with Crippen LogP contribution in [-0.4, -0.2) is 24.2 Å². The van der Waals surface area contributed by atoms with Crippen LogP contribution >= 0.6 is 0 Å². The molecule has 1 aliphatic rings. The van der Waals surface area contributed by atoms with E-state index in [4.69, 9.17) is 0 Å². The lowest BCUT2D eigenvalue weighted by Gasteiger charge is -2.24. The van der Waals surface area contributed by atoms with Gasteiger partial charge in [-0.25, -0.2) is 0 Å². The SMILES string of the molecule is O=C(O)C1(c2cccc(C(F)(F)F)c2)CCNC1. The van der Waals surface area contributed by atoms with Crippen molar-refractivity contribution in [3.8, 4) is 0 Å². The molecule has 1 fully saturated rings. The fraction of sp³-hybridized carbons (Fsp3) is 0.417. The van der Waals surface area contributed by atoms with Crippen molar-refractivity contribution in [2.75, 3.05) is 13.1 Å². The Labute approximate surface area is 102 Å². The van der Waals surface area contributed by atoms with Crippen LogP contribution in [0.25, 0.3) is 0 Å². The zero-order valence-electron chi connectivity index (χ0n) is 9.42. The third kappa shape index (κ3) is 2.08. The first kappa shape index (κ1) is 12.9. The summed E-state index contributed by atoms with van der Waals surface area (Å²) in [5.74, 6) is -1.09. The summed E-state index contributed by atoms with van der Waals surface area (Å²) in [6.07, 6.45) is -4.16. The van der Waals surface area contributed by atoms with Crippen LogP contribution in [0, 0.1) is 0 Å². The molecule has 0 bridgehead atoms. The number of carbonyl (C=O) groups is 1. The van der Waals surface area contributed by atoms with Gasteiger partial charge in [0.1, 0.15) is 5.41 Å². The predicted octanol–water partition coefficient (Wildman–Crippen LogP) is 2.02. The molecule has 3 nitrogen and oxygen atoms in total. The van der Waals surface area contributed by atoms with E-state index in [-0.39, 0.29) is 12.1 Å². The second-order valence-corrected chi connectivity index (χ2v) is 4.39. The number of hydrogen-bond acceptors (Lipinski definition) is 2. The molecular formula is C12H12F3NO2. The lowest BCUT2D eigenvalue weighted by molar-refractivity contribution is -0.143. The van der Waals surface area contributed by atoms with Gasteiger partial charge in [0, 0.05) is 6.54 Å². The van der Waals surface area contributed by atoms with E-state index in [0.29, 0.717) is 13.0 Å². The minimum absolute atomic E-state index is 0.156. The summed E-state index contributed by atoms with van der Waals surface area (Å²) >= 11 is 0. The Balaban J connectivity index is 2.47. The molecule has 1 atom stereocenters. The monoisotopic (exact) mass is 259 g/mol. The Kier molecular flexibility index (Phi) is 3.06. The normalized spacial score (nSPS) is 24.2. The average molecular weight is 259 g/mol. The van der Waals surface area contributed by atoms with Crippen LogP contribution in [-0.2, 0) is 16.4 Å². The smallest absolute Gasteiger partial charge is 0.416 e. The molecule has 1 saturated heterocycles. The zero-order valence-corrected chi connectivity index (χ0v) is 9.42. The Hall–Kier alpha value is -1.56. The van der Waals surface area contributed by atoms with Gasteiger partial charge in [-0.15, -0.1) is 0 Å². The van der Waals surface area contributed by atoms with E-state index < -0.39 is 23.1 Å². The van der Waals surface area contributed by atoms with Crippen LogP contribution in [0.5, 0.6) is 0 Å². The topological polar surface area (TPSA) is 49.3 Å². The van der Waals surface area contributed by atoms with Crippen molar-refractivity contribution in [1.29, 1.82) is 0 Å². The molecule has 18 heavy (non-hydrogen) atoms. The highest BCUT2D eigenvalue weighted by Crippen LogP contribution is 2.35. The summed E-state index contributed by atoms with van der Waals surface area (Å²) in [5, 5.41) is 12.2. The summed E-state index contributed by atoms with van der Waals surface area (Å²) in [4.78, 5) is 11.4. The molecule has 1 aromatic carbocycles. The zero-order chi connectivity index (χ0) is 13.4. The summed E-state index contributed by atoms with van der Waals surface area (Å²) in [7, 11) is 0. The number of carboxylic acid groups (broad SMARTS) is 1. The van der Waals surface area contributed by atoms with Crippen LogP contribution in [0.15, 0.2) is 24.3 Å². The molecule has 98 valence electrons. The van der Waals surface area contributed by atoms with Crippen LogP contribution in [0.1, 0.15) is 17.5 Å². The highest BCUT2D eigenvalue weighted by atomic mass is 19.4. The van der Waals surface area contributed by atoms with Gasteiger partial charge < -0.3 is 10.4 Å². The molecule has 1 unspecified atom stereocenters. The minimum atomic E-state index is -4.46. The predicted molar refractivity (Wildman–Crippen MR) is 58.2 cm³/mol.